The average molecular weight is 485 g/mol. The second-order valence-electron chi connectivity index (χ2n) is 9.90. The van der Waals surface area contributed by atoms with E-state index in [1.807, 2.05) is 32.4 Å². The first-order valence-corrected chi connectivity index (χ1v) is 12.7. The van der Waals surface area contributed by atoms with Crippen molar-refractivity contribution in [2.45, 2.75) is 58.3 Å². The summed E-state index contributed by atoms with van der Waals surface area (Å²) < 4.78 is 1.80. The Labute approximate surface area is 211 Å². The molecule has 3 aromatic rings. The molecule has 0 aliphatic heterocycles. The Morgan fingerprint density at radius 2 is 1.86 bits per heavy atom. The van der Waals surface area contributed by atoms with Crippen LogP contribution in [0, 0.1) is 12.8 Å². The van der Waals surface area contributed by atoms with Crippen molar-refractivity contribution in [2.75, 3.05) is 10.6 Å². The fraction of sp³-hybridized carbons (Fsp3) is 0.393. The number of pyridine rings is 2. The van der Waals surface area contributed by atoms with Crippen LogP contribution in [0.4, 0.5) is 11.4 Å². The summed E-state index contributed by atoms with van der Waals surface area (Å²) in [5.74, 6) is 0.206. The number of allylic oxidation sites excluding steroid dienone is 1. The number of amides is 2. The summed E-state index contributed by atoms with van der Waals surface area (Å²) in [5.41, 5.74) is 6.56. The van der Waals surface area contributed by atoms with Crippen LogP contribution in [0.3, 0.4) is 0 Å². The predicted octanol–water partition coefficient (Wildman–Crippen LogP) is 5.17. The molecule has 36 heavy (non-hydrogen) atoms. The topological polar surface area (TPSA) is 102 Å². The van der Waals surface area contributed by atoms with E-state index in [1.54, 1.807) is 23.1 Å². The quantitative estimate of drug-likeness (QED) is 0.503. The highest BCUT2D eigenvalue weighted by atomic mass is 16.2. The van der Waals surface area contributed by atoms with Crippen LogP contribution < -0.4 is 10.6 Å². The molecule has 0 unspecified atom stereocenters. The third kappa shape index (κ3) is 5.53. The standard InChI is InChI=1S/C28H32N6O2/c1-18-26(13-24(16-29-18)32-27(35)10-19-6-3-4-7-19)33-28(36)22-12-21-11-20(23-15-31-34(2)17-23)8-5-9-25(21)30-14-22/h11-17,19H,3-10H2,1-2H3,(H,32,35)(H,33,36). The van der Waals surface area contributed by atoms with Crippen molar-refractivity contribution in [1.82, 2.24) is 19.7 Å². The van der Waals surface area contributed by atoms with Gasteiger partial charge < -0.3 is 10.6 Å². The molecule has 2 aliphatic rings. The number of hydrogen-bond acceptors (Lipinski definition) is 5. The highest BCUT2D eigenvalue weighted by Gasteiger charge is 2.19. The molecule has 0 saturated heterocycles. The maximum atomic E-state index is 13.2. The first-order chi connectivity index (χ1) is 17.4. The lowest BCUT2D eigenvalue weighted by Gasteiger charge is -2.13. The van der Waals surface area contributed by atoms with Crippen molar-refractivity contribution in [1.29, 1.82) is 0 Å². The second kappa shape index (κ2) is 10.4. The van der Waals surface area contributed by atoms with E-state index < -0.39 is 0 Å². The van der Waals surface area contributed by atoms with Crippen molar-refractivity contribution in [3.05, 3.63) is 65.0 Å². The largest absolute Gasteiger partial charge is 0.325 e. The number of rotatable bonds is 6. The minimum Gasteiger partial charge on any atom is -0.325 e. The van der Waals surface area contributed by atoms with Gasteiger partial charge in [-0.3, -0.25) is 24.2 Å². The molecule has 2 N–H and O–H groups in total. The molecule has 0 aromatic carbocycles. The lowest BCUT2D eigenvalue weighted by atomic mass is 10.0. The highest BCUT2D eigenvalue weighted by molar-refractivity contribution is 6.05. The van der Waals surface area contributed by atoms with Crippen molar-refractivity contribution in [3.8, 4) is 0 Å². The van der Waals surface area contributed by atoms with Crippen LogP contribution in [-0.4, -0.2) is 31.6 Å². The van der Waals surface area contributed by atoms with Gasteiger partial charge in [-0.05, 0) is 74.3 Å². The molecule has 2 amide bonds. The van der Waals surface area contributed by atoms with E-state index in [4.69, 9.17) is 0 Å². The van der Waals surface area contributed by atoms with Crippen molar-refractivity contribution in [3.63, 3.8) is 0 Å². The van der Waals surface area contributed by atoms with E-state index in [0.29, 0.717) is 35.0 Å². The second-order valence-corrected chi connectivity index (χ2v) is 9.90. The van der Waals surface area contributed by atoms with Crippen LogP contribution in [0.2, 0.25) is 0 Å². The summed E-state index contributed by atoms with van der Waals surface area (Å²) in [6.45, 7) is 1.83. The molecule has 186 valence electrons. The molecule has 1 fully saturated rings. The fourth-order valence-electron chi connectivity index (χ4n) is 5.10. The first kappa shape index (κ1) is 23.9. The Bertz CT molecular complexity index is 1320. The molecule has 2 aliphatic carbocycles. The predicted molar refractivity (Wildman–Crippen MR) is 140 cm³/mol. The molecule has 3 heterocycles. The SMILES string of the molecule is Cc1ncc(NC(=O)CC2CCCC2)cc1NC(=O)c1cnc2c(c1)C=C(c1cnn(C)c1)CCC2. The van der Waals surface area contributed by atoms with Gasteiger partial charge in [0.25, 0.3) is 5.91 Å². The van der Waals surface area contributed by atoms with Crippen LogP contribution in [0.1, 0.15) is 77.8 Å². The number of anilines is 2. The third-order valence-electron chi connectivity index (χ3n) is 7.10. The molecule has 8 heteroatoms. The number of hydrogen-bond donors (Lipinski definition) is 2. The van der Waals surface area contributed by atoms with Gasteiger partial charge in [-0.25, -0.2) is 0 Å². The van der Waals surface area contributed by atoms with Gasteiger partial charge in [-0.15, -0.1) is 0 Å². The molecule has 1 saturated carbocycles. The third-order valence-corrected chi connectivity index (χ3v) is 7.10. The normalized spacial score (nSPS) is 15.7. The lowest BCUT2D eigenvalue weighted by molar-refractivity contribution is -0.117. The smallest absolute Gasteiger partial charge is 0.257 e. The van der Waals surface area contributed by atoms with Crippen LogP contribution in [0.5, 0.6) is 0 Å². The number of fused-ring (bicyclic) bond motifs is 1. The molecule has 0 bridgehead atoms. The van der Waals surface area contributed by atoms with Crippen molar-refractivity contribution in [2.24, 2.45) is 13.0 Å². The number of carbonyl (C=O) groups is 2. The number of aryl methyl sites for hydroxylation is 3. The van der Waals surface area contributed by atoms with Gasteiger partial charge in [-0.1, -0.05) is 12.8 Å². The molecular formula is C28H32N6O2. The molecule has 0 atom stereocenters. The number of nitrogens with zero attached hydrogens (tertiary/aromatic N) is 4. The van der Waals surface area contributed by atoms with Gasteiger partial charge in [0.1, 0.15) is 0 Å². The summed E-state index contributed by atoms with van der Waals surface area (Å²) in [6, 6.07) is 3.67. The minimum absolute atomic E-state index is 0.00371. The Morgan fingerprint density at radius 3 is 2.64 bits per heavy atom. The van der Waals surface area contributed by atoms with Gasteiger partial charge in [0.15, 0.2) is 0 Å². The molecule has 3 aromatic heterocycles. The Kier molecular flexibility index (Phi) is 6.93. The van der Waals surface area contributed by atoms with E-state index in [2.05, 4.69) is 31.8 Å². The zero-order valence-electron chi connectivity index (χ0n) is 20.9. The Hall–Kier alpha value is -3.81. The fourth-order valence-corrected chi connectivity index (χ4v) is 5.10. The summed E-state index contributed by atoms with van der Waals surface area (Å²) in [6.07, 6.45) is 17.3. The van der Waals surface area contributed by atoms with Crippen molar-refractivity contribution < 1.29 is 9.59 Å². The highest BCUT2D eigenvalue weighted by Crippen LogP contribution is 2.30. The summed E-state index contributed by atoms with van der Waals surface area (Å²) >= 11 is 0. The van der Waals surface area contributed by atoms with Crippen LogP contribution in [0.25, 0.3) is 11.6 Å². The van der Waals surface area contributed by atoms with Crippen LogP contribution in [0.15, 0.2) is 36.9 Å². The maximum absolute atomic E-state index is 13.2. The number of nitrogens with one attached hydrogen (secondary N) is 2. The van der Waals surface area contributed by atoms with Gasteiger partial charge in [0.2, 0.25) is 5.91 Å². The van der Waals surface area contributed by atoms with E-state index in [1.165, 1.54) is 18.4 Å². The van der Waals surface area contributed by atoms with Gasteiger partial charge in [-0.2, -0.15) is 5.10 Å². The summed E-state index contributed by atoms with van der Waals surface area (Å²) in [5, 5.41) is 10.2. The molecule has 0 spiro atoms. The number of carbonyl (C=O) groups excluding carboxylic acids is 2. The molecule has 0 radical (unpaired) electrons. The van der Waals surface area contributed by atoms with Crippen molar-refractivity contribution >= 4 is 34.8 Å². The monoisotopic (exact) mass is 484 g/mol. The lowest BCUT2D eigenvalue weighted by Crippen LogP contribution is -2.17. The number of aromatic nitrogens is 4. The molecule has 5 rings (SSSR count). The molecule has 8 nitrogen and oxygen atoms in total. The maximum Gasteiger partial charge on any atom is 0.257 e. The first-order valence-electron chi connectivity index (χ1n) is 12.7. The Balaban J connectivity index is 1.31. The van der Waals surface area contributed by atoms with Gasteiger partial charge in [0.05, 0.1) is 35.0 Å². The van der Waals surface area contributed by atoms with E-state index in [9.17, 15) is 9.59 Å². The zero-order chi connectivity index (χ0) is 25.1. The Morgan fingerprint density at radius 1 is 1.03 bits per heavy atom. The molecular weight excluding hydrogens is 452 g/mol. The van der Waals surface area contributed by atoms with Gasteiger partial charge in [0, 0.05) is 37.1 Å². The minimum atomic E-state index is -0.259. The van der Waals surface area contributed by atoms with Gasteiger partial charge >= 0.3 is 0 Å². The average Bonchev–Trinajstić information content (AvgIpc) is 3.47. The van der Waals surface area contributed by atoms with Crippen LogP contribution >= 0.6 is 0 Å². The summed E-state index contributed by atoms with van der Waals surface area (Å²) in [7, 11) is 1.91. The van der Waals surface area contributed by atoms with E-state index >= 15 is 0 Å². The van der Waals surface area contributed by atoms with E-state index in [0.717, 1.165) is 48.9 Å². The van der Waals surface area contributed by atoms with Crippen LogP contribution in [-0.2, 0) is 18.3 Å². The summed E-state index contributed by atoms with van der Waals surface area (Å²) in [4.78, 5) is 34.6. The zero-order valence-corrected chi connectivity index (χ0v) is 20.9. The van der Waals surface area contributed by atoms with E-state index in [-0.39, 0.29) is 11.8 Å².